The summed E-state index contributed by atoms with van der Waals surface area (Å²) in [6.07, 6.45) is 11.4. The average Bonchev–Trinajstić information content (AvgIpc) is 2.48. The Morgan fingerprint density at radius 1 is 1.35 bits per heavy atom. The Kier molecular flexibility index (Phi) is 2.16. The molecule has 17 heavy (non-hydrogen) atoms. The highest BCUT2D eigenvalue weighted by Crippen LogP contribution is 2.56. The Balaban J connectivity index is 2.11. The van der Waals surface area contributed by atoms with E-state index in [0.29, 0.717) is 11.8 Å². The van der Waals surface area contributed by atoms with Crippen molar-refractivity contribution in [3.8, 4) is 0 Å². The summed E-state index contributed by atoms with van der Waals surface area (Å²) in [6, 6.07) is 0. The first-order chi connectivity index (χ1) is 8.00. The van der Waals surface area contributed by atoms with E-state index in [2.05, 4.69) is 45.1 Å². The molecule has 0 radical (unpaired) electrons. The van der Waals surface area contributed by atoms with Gasteiger partial charge in [0.25, 0.3) is 0 Å². The van der Waals surface area contributed by atoms with Gasteiger partial charge in [-0.25, -0.2) is 0 Å². The molecule has 90 valence electrons. The van der Waals surface area contributed by atoms with Crippen LogP contribution in [0.15, 0.2) is 46.7 Å². The summed E-state index contributed by atoms with van der Waals surface area (Å²) in [5, 5.41) is 0. The van der Waals surface area contributed by atoms with Crippen molar-refractivity contribution < 1.29 is 0 Å². The molecular formula is C16H21N. The molecule has 3 rings (SSSR count). The number of allylic oxidation sites excluding steroid dienone is 7. The minimum absolute atomic E-state index is 0.176. The maximum Gasteiger partial charge on any atom is 0.0273 e. The van der Waals surface area contributed by atoms with Crippen LogP contribution in [0.25, 0.3) is 0 Å². The first-order valence-corrected chi connectivity index (χ1v) is 6.59. The summed E-state index contributed by atoms with van der Waals surface area (Å²) < 4.78 is 0. The van der Waals surface area contributed by atoms with Gasteiger partial charge >= 0.3 is 0 Å². The topological polar surface area (TPSA) is 26.0 Å². The van der Waals surface area contributed by atoms with E-state index in [0.717, 1.165) is 12.1 Å². The van der Waals surface area contributed by atoms with E-state index < -0.39 is 0 Å². The van der Waals surface area contributed by atoms with E-state index in [1.807, 2.05) is 0 Å². The molecule has 3 aliphatic rings. The summed E-state index contributed by atoms with van der Waals surface area (Å²) in [5.41, 5.74) is 11.8. The van der Waals surface area contributed by atoms with Crippen LogP contribution in [0, 0.1) is 17.3 Å². The van der Waals surface area contributed by atoms with Crippen molar-refractivity contribution in [1.82, 2.24) is 0 Å². The van der Waals surface area contributed by atoms with Gasteiger partial charge < -0.3 is 5.73 Å². The van der Waals surface area contributed by atoms with Crippen LogP contribution in [0.1, 0.15) is 33.6 Å². The van der Waals surface area contributed by atoms with Crippen molar-refractivity contribution in [3.05, 3.63) is 46.7 Å². The SMILES string of the molecule is CC1C=CC2=C(C1)C1CC=C(N)C=C1C2(C)C. The number of hydrogen-bond donors (Lipinski definition) is 1. The standard InChI is InChI=1S/C16H21N/c1-10-4-7-14-13(8-10)12-6-5-11(17)9-15(12)16(14,2)3/h4-5,7,9-10,12H,6,8,17H2,1-3H3. The predicted molar refractivity (Wildman–Crippen MR) is 72.2 cm³/mol. The van der Waals surface area contributed by atoms with Crippen molar-refractivity contribution in [2.24, 2.45) is 23.0 Å². The quantitative estimate of drug-likeness (QED) is 0.671. The number of nitrogens with two attached hydrogens (primary N) is 1. The fourth-order valence-corrected chi connectivity index (χ4v) is 3.65. The van der Waals surface area contributed by atoms with Crippen molar-refractivity contribution >= 4 is 0 Å². The Hall–Kier alpha value is -1.24. The molecule has 0 amide bonds. The van der Waals surface area contributed by atoms with Gasteiger partial charge in [0.2, 0.25) is 0 Å². The first-order valence-electron chi connectivity index (χ1n) is 6.59. The fourth-order valence-electron chi connectivity index (χ4n) is 3.65. The van der Waals surface area contributed by atoms with Gasteiger partial charge in [0.05, 0.1) is 0 Å². The smallest absolute Gasteiger partial charge is 0.0273 e. The van der Waals surface area contributed by atoms with E-state index in [-0.39, 0.29) is 5.41 Å². The zero-order chi connectivity index (χ0) is 12.2. The molecule has 2 N–H and O–H groups in total. The van der Waals surface area contributed by atoms with Crippen LogP contribution in [0.2, 0.25) is 0 Å². The van der Waals surface area contributed by atoms with Crippen molar-refractivity contribution in [2.75, 3.05) is 0 Å². The molecule has 2 atom stereocenters. The summed E-state index contributed by atoms with van der Waals surface area (Å²) >= 11 is 0. The molecule has 0 aromatic carbocycles. The molecule has 0 bridgehead atoms. The van der Waals surface area contributed by atoms with Crippen LogP contribution >= 0.6 is 0 Å². The van der Waals surface area contributed by atoms with E-state index in [4.69, 9.17) is 5.73 Å². The number of hydrogen-bond acceptors (Lipinski definition) is 1. The molecule has 0 spiro atoms. The molecule has 0 saturated carbocycles. The van der Waals surface area contributed by atoms with E-state index in [1.54, 1.807) is 11.1 Å². The molecule has 1 heteroatoms. The maximum absolute atomic E-state index is 5.98. The van der Waals surface area contributed by atoms with Crippen molar-refractivity contribution in [3.63, 3.8) is 0 Å². The van der Waals surface area contributed by atoms with E-state index >= 15 is 0 Å². The zero-order valence-corrected chi connectivity index (χ0v) is 11.0. The van der Waals surface area contributed by atoms with Gasteiger partial charge in [-0.2, -0.15) is 0 Å². The maximum atomic E-state index is 5.98. The Morgan fingerprint density at radius 3 is 2.88 bits per heavy atom. The highest BCUT2D eigenvalue weighted by atomic mass is 14.6. The zero-order valence-electron chi connectivity index (χ0n) is 11.0. The van der Waals surface area contributed by atoms with Gasteiger partial charge in [-0.1, -0.05) is 50.1 Å². The van der Waals surface area contributed by atoms with Gasteiger partial charge in [0.15, 0.2) is 0 Å². The number of rotatable bonds is 0. The van der Waals surface area contributed by atoms with Crippen molar-refractivity contribution in [1.29, 1.82) is 0 Å². The Bertz CT molecular complexity index is 486. The summed E-state index contributed by atoms with van der Waals surface area (Å²) in [5.74, 6) is 1.31. The van der Waals surface area contributed by atoms with E-state index in [1.165, 1.54) is 12.0 Å². The lowest BCUT2D eigenvalue weighted by molar-refractivity contribution is 0.525. The lowest BCUT2D eigenvalue weighted by atomic mass is 9.77. The molecule has 1 nitrogen and oxygen atoms in total. The van der Waals surface area contributed by atoms with Gasteiger partial charge in [0.1, 0.15) is 0 Å². The third-order valence-electron chi connectivity index (χ3n) is 4.58. The van der Waals surface area contributed by atoms with Crippen LogP contribution in [-0.2, 0) is 0 Å². The third kappa shape index (κ3) is 1.45. The lowest BCUT2D eigenvalue weighted by Crippen LogP contribution is -2.18. The molecule has 0 aliphatic heterocycles. The molecule has 0 saturated heterocycles. The summed E-state index contributed by atoms with van der Waals surface area (Å²) in [4.78, 5) is 0. The third-order valence-corrected chi connectivity index (χ3v) is 4.58. The normalized spacial score (nSPS) is 34.1. The second kappa shape index (κ2) is 3.38. The molecule has 3 aliphatic carbocycles. The van der Waals surface area contributed by atoms with Crippen LogP contribution in [0.3, 0.4) is 0 Å². The minimum Gasteiger partial charge on any atom is -0.399 e. The van der Waals surface area contributed by atoms with Gasteiger partial charge in [-0.05, 0) is 30.4 Å². The molecule has 0 aromatic rings. The van der Waals surface area contributed by atoms with Crippen LogP contribution in [-0.4, -0.2) is 0 Å². The highest BCUT2D eigenvalue weighted by molar-refractivity contribution is 5.54. The fraction of sp³-hybridized carbons (Fsp3) is 0.500. The largest absolute Gasteiger partial charge is 0.399 e. The molecule has 0 heterocycles. The van der Waals surface area contributed by atoms with Crippen LogP contribution < -0.4 is 5.73 Å². The first kappa shape index (κ1) is 10.9. The lowest BCUT2D eigenvalue weighted by Gasteiger charge is -2.28. The second-order valence-electron chi connectivity index (χ2n) is 6.20. The van der Waals surface area contributed by atoms with E-state index in [9.17, 15) is 0 Å². The van der Waals surface area contributed by atoms with Gasteiger partial charge in [0, 0.05) is 17.0 Å². The molecule has 0 fully saturated rings. The minimum atomic E-state index is 0.176. The molecular weight excluding hydrogens is 206 g/mol. The van der Waals surface area contributed by atoms with Crippen LogP contribution in [0.5, 0.6) is 0 Å². The average molecular weight is 227 g/mol. The predicted octanol–water partition coefficient (Wildman–Crippen LogP) is 3.71. The van der Waals surface area contributed by atoms with Crippen LogP contribution in [0.4, 0.5) is 0 Å². The molecule has 2 unspecified atom stereocenters. The molecule has 0 aromatic heterocycles. The van der Waals surface area contributed by atoms with Gasteiger partial charge in [-0.15, -0.1) is 0 Å². The monoisotopic (exact) mass is 227 g/mol. The van der Waals surface area contributed by atoms with Gasteiger partial charge in [-0.3, -0.25) is 0 Å². The highest BCUT2D eigenvalue weighted by Gasteiger charge is 2.43. The Labute approximate surface area is 104 Å². The second-order valence-corrected chi connectivity index (χ2v) is 6.20. The summed E-state index contributed by atoms with van der Waals surface area (Å²) in [7, 11) is 0. The number of fused-ring (bicyclic) bond motifs is 2. The Morgan fingerprint density at radius 2 is 2.12 bits per heavy atom. The van der Waals surface area contributed by atoms with Crippen molar-refractivity contribution in [2.45, 2.75) is 33.6 Å². The summed E-state index contributed by atoms with van der Waals surface area (Å²) in [6.45, 7) is 6.99.